The van der Waals surface area contributed by atoms with Crippen molar-refractivity contribution < 1.29 is 9.59 Å². The summed E-state index contributed by atoms with van der Waals surface area (Å²) in [6.45, 7) is 3.01. The van der Waals surface area contributed by atoms with Crippen molar-refractivity contribution >= 4 is 22.7 Å². The molecule has 0 atom stereocenters. The van der Waals surface area contributed by atoms with Crippen LogP contribution in [0, 0.1) is 12.3 Å². The monoisotopic (exact) mass is 469 g/mol. The van der Waals surface area contributed by atoms with Gasteiger partial charge in [0.1, 0.15) is 5.69 Å². The van der Waals surface area contributed by atoms with Crippen LogP contribution >= 0.6 is 0 Å². The summed E-state index contributed by atoms with van der Waals surface area (Å²) in [5.74, 6) is 2.50. The molecule has 1 fully saturated rings. The first-order chi connectivity index (χ1) is 17.0. The molecule has 1 aliphatic heterocycles. The minimum atomic E-state index is -0.0866. The predicted octanol–water partition coefficient (Wildman–Crippen LogP) is 2.93. The van der Waals surface area contributed by atoms with Crippen molar-refractivity contribution in [3.8, 4) is 12.3 Å². The van der Waals surface area contributed by atoms with E-state index in [1.165, 1.54) is 0 Å². The van der Waals surface area contributed by atoms with Gasteiger partial charge in [0.15, 0.2) is 0 Å². The van der Waals surface area contributed by atoms with Crippen molar-refractivity contribution in [3.63, 3.8) is 0 Å². The van der Waals surface area contributed by atoms with E-state index >= 15 is 0 Å². The fourth-order valence-electron chi connectivity index (χ4n) is 4.40. The fraction of sp³-hybridized carbons (Fsp3) is 0.321. The maximum Gasteiger partial charge on any atom is 0.268 e. The van der Waals surface area contributed by atoms with Crippen LogP contribution in [0.3, 0.4) is 0 Å². The molecule has 1 aliphatic rings. The topological polar surface area (TPSA) is 70.5 Å². The summed E-state index contributed by atoms with van der Waals surface area (Å²) in [4.78, 5) is 33.7. The second-order valence-corrected chi connectivity index (χ2v) is 8.91. The quantitative estimate of drug-likeness (QED) is 0.407. The van der Waals surface area contributed by atoms with Crippen molar-refractivity contribution in [3.05, 3.63) is 78.3 Å². The highest BCUT2D eigenvalue weighted by Gasteiger charge is 2.24. The zero-order valence-electron chi connectivity index (χ0n) is 20.1. The van der Waals surface area contributed by atoms with Gasteiger partial charge in [0, 0.05) is 61.6 Å². The molecule has 1 N–H and O–H groups in total. The van der Waals surface area contributed by atoms with Gasteiger partial charge in [-0.15, -0.1) is 6.42 Å². The number of carbonyl (C=O) groups excluding carboxylic acids is 2. The number of rotatable bonds is 8. The first kappa shape index (κ1) is 24.2. The van der Waals surface area contributed by atoms with E-state index in [1.807, 2.05) is 65.4 Å². The van der Waals surface area contributed by atoms with Crippen LogP contribution in [-0.2, 0) is 11.3 Å². The molecule has 7 heteroatoms. The van der Waals surface area contributed by atoms with Crippen LogP contribution < -0.4 is 5.32 Å². The molecule has 0 radical (unpaired) electrons. The Balaban J connectivity index is 1.37. The summed E-state index contributed by atoms with van der Waals surface area (Å²) in [7, 11) is 1.92. The SMILES string of the molecule is C#CCN(C)C/C=C/C(=O)N1CCC(NC(=O)c2cc3ccccc3n2Cc2ccncc2)CC1. The van der Waals surface area contributed by atoms with Gasteiger partial charge in [-0.3, -0.25) is 19.5 Å². The Kier molecular flexibility index (Phi) is 7.96. The van der Waals surface area contributed by atoms with E-state index in [0.717, 1.165) is 29.3 Å². The lowest BCUT2D eigenvalue weighted by Crippen LogP contribution is -2.46. The summed E-state index contributed by atoms with van der Waals surface area (Å²) in [6.07, 6.45) is 13.7. The number of carbonyl (C=O) groups is 2. The van der Waals surface area contributed by atoms with Crippen molar-refractivity contribution in [1.29, 1.82) is 0 Å². The van der Waals surface area contributed by atoms with Gasteiger partial charge in [0.25, 0.3) is 5.91 Å². The van der Waals surface area contributed by atoms with Crippen LogP contribution in [0.25, 0.3) is 10.9 Å². The smallest absolute Gasteiger partial charge is 0.268 e. The molecule has 0 saturated carbocycles. The lowest BCUT2D eigenvalue weighted by molar-refractivity contribution is -0.127. The van der Waals surface area contributed by atoms with Crippen LogP contribution in [-0.4, -0.2) is 70.4 Å². The van der Waals surface area contributed by atoms with Crippen molar-refractivity contribution in [2.75, 3.05) is 33.2 Å². The highest BCUT2D eigenvalue weighted by atomic mass is 16.2. The third kappa shape index (κ3) is 6.17. The van der Waals surface area contributed by atoms with Gasteiger partial charge < -0.3 is 14.8 Å². The normalized spacial score (nSPS) is 14.5. The summed E-state index contributed by atoms with van der Waals surface area (Å²) >= 11 is 0. The molecule has 2 amide bonds. The van der Waals surface area contributed by atoms with E-state index < -0.39 is 0 Å². The molecule has 0 spiro atoms. The minimum absolute atomic E-state index is 0.00126. The Morgan fingerprint density at radius 1 is 1.20 bits per heavy atom. The second kappa shape index (κ2) is 11.5. The lowest BCUT2D eigenvalue weighted by Gasteiger charge is -2.32. The second-order valence-electron chi connectivity index (χ2n) is 8.91. The molecule has 0 bridgehead atoms. The number of fused-ring (bicyclic) bond motifs is 1. The number of hydrogen-bond donors (Lipinski definition) is 1. The molecule has 0 aliphatic carbocycles. The van der Waals surface area contributed by atoms with Crippen molar-refractivity contribution in [1.82, 2.24) is 24.7 Å². The van der Waals surface area contributed by atoms with E-state index in [1.54, 1.807) is 18.5 Å². The average molecular weight is 470 g/mol. The van der Waals surface area contributed by atoms with Gasteiger partial charge >= 0.3 is 0 Å². The summed E-state index contributed by atoms with van der Waals surface area (Å²) in [5, 5.41) is 4.23. The number of piperidine rings is 1. The molecule has 1 saturated heterocycles. The van der Waals surface area contributed by atoms with Crippen LogP contribution in [0.5, 0.6) is 0 Å². The van der Waals surface area contributed by atoms with E-state index in [9.17, 15) is 9.59 Å². The molecule has 2 aromatic heterocycles. The Morgan fingerprint density at radius 2 is 1.94 bits per heavy atom. The number of hydrogen-bond acceptors (Lipinski definition) is 4. The number of likely N-dealkylation sites (N-methyl/N-ethyl adjacent to an activating group) is 1. The van der Waals surface area contributed by atoms with Crippen LogP contribution in [0.4, 0.5) is 0 Å². The highest BCUT2D eigenvalue weighted by Crippen LogP contribution is 2.22. The van der Waals surface area contributed by atoms with E-state index in [4.69, 9.17) is 6.42 Å². The molecule has 35 heavy (non-hydrogen) atoms. The number of nitrogens with one attached hydrogen (secondary N) is 1. The van der Waals surface area contributed by atoms with Gasteiger partial charge in [0.05, 0.1) is 6.54 Å². The third-order valence-corrected chi connectivity index (χ3v) is 6.31. The van der Waals surface area contributed by atoms with E-state index in [-0.39, 0.29) is 17.9 Å². The summed E-state index contributed by atoms with van der Waals surface area (Å²) in [6, 6.07) is 13.9. The summed E-state index contributed by atoms with van der Waals surface area (Å²) in [5.41, 5.74) is 2.75. The molecular formula is C28H31N5O2. The minimum Gasteiger partial charge on any atom is -0.348 e. The van der Waals surface area contributed by atoms with Crippen molar-refractivity contribution in [2.45, 2.75) is 25.4 Å². The maximum atomic E-state index is 13.3. The Hall–Kier alpha value is -3.89. The molecule has 4 rings (SSSR count). The van der Waals surface area contributed by atoms with E-state index in [2.05, 4.69) is 20.8 Å². The van der Waals surface area contributed by atoms with Crippen LogP contribution in [0.1, 0.15) is 28.9 Å². The third-order valence-electron chi connectivity index (χ3n) is 6.31. The van der Waals surface area contributed by atoms with Crippen molar-refractivity contribution in [2.24, 2.45) is 0 Å². The Labute approximate surface area is 206 Å². The zero-order chi connectivity index (χ0) is 24.6. The molecule has 1 aromatic carbocycles. The number of likely N-dealkylation sites (tertiary alicyclic amines) is 1. The number of benzene rings is 1. The number of aromatic nitrogens is 2. The fourth-order valence-corrected chi connectivity index (χ4v) is 4.40. The lowest BCUT2D eigenvalue weighted by atomic mass is 10.0. The Morgan fingerprint density at radius 3 is 2.69 bits per heavy atom. The predicted molar refractivity (Wildman–Crippen MR) is 138 cm³/mol. The van der Waals surface area contributed by atoms with Gasteiger partial charge in [-0.05, 0) is 49.7 Å². The number of terminal acetylenes is 1. The number of para-hydroxylation sites is 1. The number of pyridine rings is 1. The Bertz CT molecular complexity index is 1230. The van der Waals surface area contributed by atoms with Gasteiger partial charge in [-0.1, -0.05) is 30.2 Å². The molecule has 3 heterocycles. The van der Waals surface area contributed by atoms with E-state index in [0.29, 0.717) is 38.4 Å². The highest BCUT2D eigenvalue weighted by molar-refractivity contribution is 5.99. The zero-order valence-corrected chi connectivity index (χ0v) is 20.1. The van der Waals surface area contributed by atoms with Gasteiger partial charge in [-0.25, -0.2) is 0 Å². The number of amides is 2. The average Bonchev–Trinajstić information content (AvgIpc) is 3.24. The molecule has 180 valence electrons. The molecule has 0 unspecified atom stereocenters. The standard InChI is InChI=1S/C28H31N5O2/c1-3-16-31(2)17-6-9-27(34)32-18-12-24(13-19-32)30-28(35)26-20-23-7-4-5-8-25(23)33(26)21-22-10-14-29-15-11-22/h1,4-11,14-15,20,24H,12-13,16-19,21H2,2H3,(H,30,35)/b9-6+. The molecular weight excluding hydrogens is 438 g/mol. The van der Waals surface area contributed by atoms with Gasteiger partial charge in [0.2, 0.25) is 5.91 Å². The first-order valence-electron chi connectivity index (χ1n) is 11.9. The molecule has 7 nitrogen and oxygen atoms in total. The first-order valence-corrected chi connectivity index (χ1v) is 11.9. The van der Waals surface area contributed by atoms with Gasteiger partial charge in [-0.2, -0.15) is 0 Å². The summed E-state index contributed by atoms with van der Waals surface area (Å²) < 4.78 is 2.06. The molecule has 3 aromatic rings. The van der Waals surface area contributed by atoms with Crippen LogP contribution in [0.2, 0.25) is 0 Å². The number of nitrogens with zero attached hydrogens (tertiary/aromatic N) is 4. The maximum absolute atomic E-state index is 13.3. The largest absolute Gasteiger partial charge is 0.348 e. The van der Waals surface area contributed by atoms with Crippen LogP contribution in [0.15, 0.2) is 67.0 Å².